The standard InChI is InChI=1S/C8H12Cl2O2Se/c1-5(9)7(3-11)13-8(4-12)6(2)10/h11-12H,3-4H2,1-2H3/b7-5-,8-6-. The van der Waals surface area contributed by atoms with Gasteiger partial charge in [0.05, 0.1) is 0 Å². The fourth-order valence-electron chi connectivity index (χ4n) is 0.572. The maximum atomic E-state index is 8.95. The molecule has 0 radical (unpaired) electrons. The van der Waals surface area contributed by atoms with Crippen LogP contribution < -0.4 is 0 Å². The van der Waals surface area contributed by atoms with Gasteiger partial charge in [0.2, 0.25) is 0 Å². The monoisotopic (exact) mass is 290 g/mol. The van der Waals surface area contributed by atoms with Crippen LogP contribution >= 0.6 is 23.2 Å². The molecule has 2 nitrogen and oxygen atoms in total. The van der Waals surface area contributed by atoms with E-state index in [4.69, 9.17) is 33.4 Å². The van der Waals surface area contributed by atoms with Gasteiger partial charge in [-0.05, 0) is 0 Å². The first-order valence-electron chi connectivity index (χ1n) is 3.63. The van der Waals surface area contributed by atoms with Crippen LogP contribution in [0, 0.1) is 0 Å². The zero-order valence-electron chi connectivity index (χ0n) is 7.47. The second-order valence-electron chi connectivity index (χ2n) is 2.33. The molecule has 76 valence electrons. The maximum absolute atomic E-state index is 8.95. The Bertz CT molecular complexity index is 204. The van der Waals surface area contributed by atoms with Crippen molar-refractivity contribution in [1.82, 2.24) is 0 Å². The number of allylic oxidation sites excluding steroid dienone is 2. The van der Waals surface area contributed by atoms with Crippen molar-refractivity contribution >= 4 is 38.2 Å². The predicted octanol–water partition coefficient (Wildman–Crippen LogP) is 1.62. The molecular formula is C8H12Cl2O2Se. The van der Waals surface area contributed by atoms with E-state index in [2.05, 4.69) is 0 Å². The number of rotatable bonds is 4. The molecule has 0 saturated heterocycles. The van der Waals surface area contributed by atoms with E-state index >= 15 is 0 Å². The Hall–Kier alpha value is 0.499. The van der Waals surface area contributed by atoms with Crippen molar-refractivity contribution in [2.45, 2.75) is 13.8 Å². The molecule has 0 saturated carbocycles. The van der Waals surface area contributed by atoms with Crippen LogP contribution in [0.15, 0.2) is 19.0 Å². The van der Waals surface area contributed by atoms with Gasteiger partial charge in [0.1, 0.15) is 0 Å². The normalized spacial score (nSPS) is 15.2. The van der Waals surface area contributed by atoms with Crippen molar-refractivity contribution in [3.63, 3.8) is 0 Å². The third-order valence-corrected chi connectivity index (χ3v) is 5.13. The molecule has 0 aliphatic carbocycles. The molecule has 0 fully saturated rings. The molecule has 0 aromatic rings. The molecule has 5 heteroatoms. The molecule has 13 heavy (non-hydrogen) atoms. The van der Waals surface area contributed by atoms with Crippen molar-refractivity contribution < 1.29 is 10.2 Å². The molecule has 0 atom stereocenters. The van der Waals surface area contributed by atoms with E-state index in [1.165, 1.54) is 0 Å². The fraction of sp³-hybridized carbons (Fsp3) is 0.500. The zero-order chi connectivity index (χ0) is 10.4. The summed E-state index contributed by atoms with van der Waals surface area (Å²) in [7, 11) is 0. The molecule has 0 rings (SSSR count). The molecule has 0 spiro atoms. The van der Waals surface area contributed by atoms with Gasteiger partial charge in [-0.3, -0.25) is 0 Å². The molecule has 0 heterocycles. The minimum atomic E-state index is -0.152. The van der Waals surface area contributed by atoms with Crippen molar-refractivity contribution in [1.29, 1.82) is 0 Å². The van der Waals surface area contributed by atoms with Crippen LogP contribution in [0.5, 0.6) is 0 Å². The van der Waals surface area contributed by atoms with Crippen LogP contribution in [-0.4, -0.2) is 38.4 Å². The fourth-order valence-corrected chi connectivity index (χ4v) is 2.58. The van der Waals surface area contributed by atoms with Gasteiger partial charge in [-0.1, -0.05) is 0 Å². The van der Waals surface area contributed by atoms with E-state index in [1.54, 1.807) is 13.8 Å². The van der Waals surface area contributed by atoms with E-state index in [9.17, 15) is 0 Å². The number of hydrogen-bond donors (Lipinski definition) is 2. The summed E-state index contributed by atoms with van der Waals surface area (Å²) in [4.78, 5) is 0. The van der Waals surface area contributed by atoms with E-state index in [0.717, 1.165) is 8.94 Å². The summed E-state index contributed by atoms with van der Waals surface area (Å²) in [6, 6.07) is 0. The first-order valence-corrected chi connectivity index (χ1v) is 6.09. The van der Waals surface area contributed by atoms with Gasteiger partial charge in [0, 0.05) is 0 Å². The Morgan fingerprint density at radius 1 is 1.00 bits per heavy atom. The number of hydrogen-bond acceptors (Lipinski definition) is 2. The van der Waals surface area contributed by atoms with Crippen LogP contribution in [-0.2, 0) is 0 Å². The summed E-state index contributed by atoms with van der Waals surface area (Å²) in [5.41, 5.74) is 0. The molecule has 2 N–H and O–H groups in total. The third-order valence-electron chi connectivity index (χ3n) is 1.30. The molecular weight excluding hydrogens is 278 g/mol. The molecule has 0 aliphatic rings. The van der Waals surface area contributed by atoms with Gasteiger partial charge in [-0.15, -0.1) is 0 Å². The summed E-state index contributed by atoms with van der Waals surface area (Å²) < 4.78 is 1.50. The number of aliphatic hydroxyl groups excluding tert-OH is 2. The second-order valence-corrected chi connectivity index (χ2v) is 5.96. The predicted molar refractivity (Wildman–Crippen MR) is 57.0 cm³/mol. The summed E-state index contributed by atoms with van der Waals surface area (Å²) in [5, 5.41) is 19.0. The van der Waals surface area contributed by atoms with Crippen LogP contribution in [0.2, 0.25) is 0 Å². The topological polar surface area (TPSA) is 40.5 Å². The van der Waals surface area contributed by atoms with Crippen LogP contribution in [0.3, 0.4) is 0 Å². The zero-order valence-corrected chi connectivity index (χ0v) is 10.7. The molecule has 0 aromatic heterocycles. The Morgan fingerprint density at radius 2 is 1.31 bits per heavy atom. The third kappa shape index (κ3) is 5.06. The Labute approximate surface area is 94.4 Å². The first-order chi connectivity index (χ1) is 6.02. The second kappa shape index (κ2) is 6.88. The van der Waals surface area contributed by atoms with E-state index < -0.39 is 0 Å². The van der Waals surface area contributed by atoms with Gasteiger partial charge in [0.15, 0.2) is 0 Å². The van der Waals surface area contributed by atoms with Gasteiger partial charge in [-0.2, -0.15) is 0 Å². The van der Waals surface area contributed by atoms with Gasteiger partial charge < -0.3 is 0 Å². The van der Waals surface area contributed by atoms with Gasteiger partial charge >= 0.3 is 94.4 Å². The average Bonchev–Trinajstić information content (AvgIpc) is 2.05. The molecule has 0 aromatic carbocycles. The van der Waals surface area contributed by atoms with E-state index in [1.807, 2.05) is 0 Å². The summed E-state index contributed by atoms with van der Waals surface area (Å²) >= 11 is 11.3. The van der Waals surface area contributed by atoms with E-state index in [0.29, 0.717) is 10.1 Å². The van der Waals surface area contributed by atoms with Crippen LogP contribution in [0.25, 0.3) is 0 Å². The minimum absolute atomic E-state index is 0.0804. The number of aliphatic hydroxyl groups is 2. The van der Waals surface area contributed by atoms with Crippen molar-refractivity contribution in [3.05, 3.63) is 19.0 Å². The summed E-state index contributed by atoms with van der Waals surface area (Å²) in [6.07, 6.45) is 0. The molecule has 0 amide bonds. The van der Waals surface area contributed by atoms with Crippen LogP contribution in [0.4, 0.5) is 0 Å². The van der Waals surface area contributed by atoms with Gasteiger partial charge in [-0.25, -0.2) is 0 Å². The summed E-state index contributed by atoms with van der Waals surface area (Å²) in [6.45, 7) is 3.27. The first kappa shape index (κ1) is 13.5. The SMILES string of the molecule is C/C(Cl)=C(\CO)[Se]/C(CO)=C(/C)Cl. The van der Waals surface area contributed by atoms with Crippen molar-refractivity contribution in [2.75, 3.05) is 13.2 Å². The van der Waals surface area contributed by atoms with Crippen molar-refractivity contribution in [3.8, 4) is 0 Å². The molecule has 0 bridgehead atoms. The van der Waals surface area contributed by atoms with Crippen molar-refractivity contribution in [2.24, 2.45) is 0 Å². The summed E-state index contributed by atoms with van der Waals surface area (Å²) in [5.74, 6) is 0. The average molecular weight is 290 g/mol. The Balaban J connectivity index is 4.59. The Morgan fingerprint density at radius 3 is 1.46 bits per heavy atom. The number of halogens is 2. The molecule has 0 unspecified atom stereocenters. The van der Waals surface area contributed by atoms with Gasteiger partial charge in [0.25, 0.3) is 0 Å². The Kier molecular flexibility index (Phi) is 7.14. The van der Waals surface area contributed by atoms with E-state index in [-0.39, 0.29) is 28.2 Å². The quantitative estimate of drug-likeness (QED) is 0.772. The van der Waals surface area contributed by atoms with Crippen LogP contribution in [0.1, 0.15) is 13.8 Å². The molecule has 0 aliphatic heterocycles.